The maximum atomic E-state index is 12.8. The average Bonchev–Trinajstić information content (AvgIpc) is 2.71. The zero-order valence-electron chi connectivity index (χ0n) is 16.7. The SMILES string of the molecule is Cc1ccc2c(COC(=O)CCNS(=O)(=O)c3cccc(C(F)(F)F)c3)cc(=O)oc2c1. The Morgan fingerprint density at radius 3 is 2.59 bits per heavy atom. The minimum atomic E-state index is -4.69. The quantitative estimate of drug-likeness (QED) is 0.420. The Bertz CT molecular complexity index is 1320. The van der Waals surface area contributed by atoms with E-state index in [1.807, 2.05) is 6.92 Å². The molecule has 0 saturated heterocycles. The molecule has 32 heavy (non-hydrogen) atoms. The minimum Gasteiger partial charge on any atom is -0.461 e. The predicted molar refractivity (Wildman–Crippen MR) is 108 cm³/mol. The van der Waals surface area contributed by atoms with Crippen molar-refractivity contribution < 1.29 is 35.5 Å². The minimum absolute atomic E-state index is 0.232. The standard InChI is InChI=1S/C21H18F3NO6S/c1-13-5-6-17-14(10-20(27)31-18(17)9-13)12-30-19(26)7-8-25-32(28,29)16-4-2-3-15(11-16)21(22,23)24/h2-6,9-11,25H,7-8,12H2,1H3. The average molecular weight is 469 g/mol. The zero-order chi connectivity index (χ0) is 23.5. The van der Waals surface area contributed by atoms with Crippen LogP contribution in [0.4, 0.5) is 13.2 Å². The molecule has 7 nitrogen and oxygen atoms in total. The maximum absolute atomic E-state index is 12.8. The van der Waals surface area contributed by atoms with Crippen LogP contribution in [-0.2, 0) is 32.3 Å². The summed E-state index contributed by atoms with van der Waals surface area (Å²) in [6.45, 7) is 1.21. The summed E-state index contributed by atoms with van der Waals surface area (Å²) in [6.07, 6.45) is -5.05. The monoisotopic (exact) mass is 469 g/mol. The molecule has 3 aromatic rings. The van der Waals surface area contributed by atoms with Gasteiger partial charge in [-0.2, -0.15) is 13.2 Å². The van der Waals surface area contributed by atoms with Crippen molar-refractivity contribution in [3.63, 3.8) is 0 Å². The number of hydrogen-bond acceptors (Lipinski definition) is 6. The molecule has 0 unspecified atom stereocenters. The fourth-order valence-corrected chi connectivity index (χ4v) is 3.97. The van der Waals surface area contributed by atoms with Crippen LogP contribution in [0.25, 0.3) is 11.0 Å². The molecule has 0 aliphatic heterocycles. The summed E-state index contributed by atoms with van der Waals surface area (Å²) in [6, 6.07) is 9.65. The van der Waals surface area contributed by atoms with Crippen molar-refractivity contribution in [3.8, 4) is 0 Å². The van der Waals surface area contributed by atoms with Crippen LogP contribution in [0, 0.1) is 6.92 Å². The van der Waals surface area contributed by atoms with Gasteiger partial charge in [-0.05, 0) is 36.8 Å². The van der Waals surface area contributed by atoms with E-state index in [-0.39, 0.29) is 19.6 Å². The molecule has 0 saturated carbocycles. The highest BCUT2D eigenvalue weighted by atomic mass is 32.2. The number of esters is 1. The topological polar surface area (TPSA) is 103 Å². The van der Waals surface area contributed by atoms with Crippen LogP contribution in [0.3, 0.4) is 0 Å². The Labute approximate surface area is 180 Å². The number of hydrogen-bond donors (Lipinski definition) is 1. The number of fused-ring (bicyclic) bond motifs is 1. The lowest BCUT2D eigenvalue weighted by molar-refractivity contribution is -0.144. The Morgan fingerprint density at radius 1 is 1.12 bits per heavy atom. The van der Waals surface area contributed by atoms with Crippen LogP contribution in [0.1, 0.15) is 23.1 Å². The normalized spacial score (nSPS) is 12.1. The summed E-state index contributed by atoms with van der Waals surface area (Å²) in [5, 5.41) is 0.591. The third-order valence-corrected chi connectivity index (χ3v) is 5.93. The summed E-state index contributed by atoms with van der Waals surface area (Å²) in [5.74, 6) is -0.759. The lowest BCUT2D eigenvalue weighted by atomic mass is 10.1. The molecule has 0 radical (unpaired) electrons. The molecule has 0 fully saturated rings. The van der Waals surface area contributed by atoms with Crippen molar-refractivity contribution in [1.29, 1.82) is 0 Å². The molecule has 0 bridgehead atoms. The molecule has 0 atom stereocenters. The van der Waals surface area contributed by atoms with Gasteiger partial charge in [-0.25, -0.2) is 17.9 Å². The van der Waals surface area contributed by atoms with Gasteiger partial charge in [0.05, 0.1) is 16.9 Å². The number of benzene rings is 2. The number of aryl methyl sites for hydroxylation is 1. The van der Waals surface area contributed by atoms with E-state index in [4.69, 9.17) is 9.15 Å². The lowest BCUT2D eigenvalue weighted by Gasteiger charge is -2.10. The Kier molecular flexibility index (Phi) is 6.70. The van der Waals surface area contributed by atoms with Gasteiger partial charge in [0.15, 0.2) is 0 Å². The van der Waals surface area contributed by atoms with E-state index in [0.29, 0.717) is 22.6 Å². The number of nitrogens with one attached hydrogen (secondary N) is 1. The molecule has 11 heteroatoms. The molecule has 170 valence electrons. The first-order valence-electron chi connectivity index (χ1n) is 9.32. The van der Waals surface area contributed by atoms with Gasteiger partial charge in [0.25, 0.3) is 0 Å². The predicted octanol–water partition coefficient (Wildman–Crippen LogP) is 3.53. The lowest BCUT2D eigenvalue weighted by Crippen LogP contribution is -2.27. The molecule has 1 N–H and O–H groups in total. The summed E-state index contributed by atoms with van der Waals surface area (Å²) in [5.41, 5.74) is -0.0630. The van der Waals surface area contributed by atoms with Gasteiger partial charge in [0.2, 0.25) is 10.0 Å². The maximum Gasteiger partial charge on any atom is 0.416 e. The summed E-state index contributed by atoms with van der Waals surface area (Å²) in [4.78, 5) is 23.1. The van der Waals surface area contributed by atoms with Crippen molar-refractivity contribution in [2.75, 3.05) is 6.54 Å². The first kappa shape index (κ1) is 23.5. The third kappa shape index (κ3) is 5.74. The number of sulfonamides is 1. The van der Waals surface area contributed by atoms with Gasteiger partial charge in [-0.1, -0.05) is 18.2 Å². The van der Waals surface area contributed by atoms with Crippen LogP contribution >= 0.6 is 0 Å². The van der Waals surface area contributed by atoms with Gasteiger partial charge in [-0.15, -0.1) is 0 Å². The molecule has 1 aromatic heterocycles. The van der Waals surface area contributed by atoms with E-state index in [0.717, 1.165) is 23.8 Å². The molecule has 2 aromatic carbocycles. The molecule has 0 spiro atoms. The highest BCUT2D eigenvalue weighted by molar-refractivity contribution is 7.89. The summed E-state index contributed by atoms with van der Waals surface area (Å²) < 4.78 is 75.0. The van der Waals surface area contributed by atoms with E-state index >= 15 is 0 Å². The molecule has 0 aliphatic carbocycles. The first-order valence-corrected chi connectivity index (χ1v) is 10.8. The molecular formula is C21H18F3NO6S. The van der Waals surface area contributed by atoms with Crippen LogP contribution in [-0.4, -0.2) is 20.9 Å². The molecule has 0 aliphatic rings. The second-order valence-electron chi connectivity index (χ2n) is 6.92. The number of carbonyl (C=O) groups is 1. The van der Waals surface area contributed by atoms with Crippen molar-refractivity contribution >= 4 is 27.0 Å². The zero-order valence-corrected chi connectivity index (χ0v) is 17.5. The van der Waals surface area contributed by atoms with Crippen LogP contribution < -0.4 is 10.3 Å². The largest absolute Gasteiger partial charge is 0.461 e. The smallest absolute Gasteiger partial charge is 0.416 e. The van der Waals surface area contributed by atoms with Crippen molar-refractivity contribution in [2.45, 2.75) is 31.0 Å². The van der Waals surface area contributed by atoms with E-state index in [9.17, 15) is 31.2 Å². The Hall–Kier alpha value is -3.18. The van der Waals surface area contributed by atoms with Gasteiger partial charge in [0, 0.05) is 23.6 Å². The second-order valence-corrected chi connectivity index (χ2v) is 8.69. The van der Waals surface area contributed by atoms with Crippen molar-refractivity contribution in [2.24, 2.45) is 0 Å². The fourth-order valence-electron chi connectivity index (χ4n) is 2.90. The molecule has 0 amide bonds. The number of alkyl halides is 3. The van der Waals surface area contributed by atoms with Gasteiger partial charge in [0.1, 0.15) is 12.2 Å². The number of ether oxygens (including phenoxy) is 1. The van der Waals surface area contributed by atoms with Crippen molar-refractivity contribution in [3.05, 3.63) is 75.6 Å². The molecular weight excluding hydrogens is 451 g/mol. The van der Waals surface area contributed by atoms with E-state index in [2.05, 4.69) is 4.72 Å². The fraction of sp³-hybridized carbons (Fsp3) is 0.238. The summed E-state index contributed by atoms with van der Waals surface area (Å²) >= 11 is 0. The van der Waals surface area contributed by atoms with E-state index in [1.54, 1.807) is 18.2 Å². The Balaban J connectivity index is 1.59. The highest BCUT2D eigenvalue weighted by Crippen LogP contribution is 2.30. The summed E-state index contributed by atoms with van der Waals surface area (Å²) in [7, 11) is -4.26. The molecule has 3 rings (SSSR count). The first-order chi connectivity index (χ1) is 15.0. The molecule has 1 heterocycles. The van der Waals surface area contributed by atoms with Crippen molar-refractivity contribution in [1.82, 2.24) is 4.72 Å². The van der Waals surface area contributed by atoms with Crippen LogP contribution in [0.15, 0.2) is 62.6 Å². The third-order valence-electron chi connectivity index (χ3n) is 4.47. The van der Waals surface area contributed by atoms with Gasteiger partial charge in [-0.3, -0.25) is 4.79 Å². The number of halogens is 3. The highest BCUT2D eigenvalue weighted by Gasteiger charge is 2.31. The van der Waals surface area contributed by atoms with Gasteiger partial charge >= 0.3 is 17.8 Å². The van der Waals surface area contributed by atoms with Crippen LogP contribution in [0.5, 0.6) is 0 Å². The van der Waals surface area contributed by atoms with E-state index in [1.165, 1.54) is 6.07 Å². The Morgan fingerprint density at radius 2 is 1.88 bits per heavy atom. The number of rotatable bonds is 7. The number of carbonyl (C=O) groups excluding carboxylic acids is 1. The van der Waals surface area contributed by atoms with Crippen LogP contribution in [0.2, 0.25) is 0 Å². The van der Waals surface area contributed by atoms with E-state index < -0.39 is 38.3 Å². The van der Waals surface area contributed by atoms with Gasteiger partial charge < -0.3 is 9.15 Å². The second kappa shape index (κ2) is 9.13.